The van der Waals surface area contributed by atoms with Gasteiger partial charge in [0, 0.05) is 16.9 Å². The third kappa shape index (κ3) is 3.73. The van der Waals surface area contributed by atoms with Crippen LogP contribution in [0.15, 0.2) is 10.9 Å². The van der Waals surface area contributed by atoms with E-state index in [1.807, 2.05) is 5.38 Å². The number of rotatable bonds is 5. The Morgan fingerprint density at radius 3 is 3.17 bits per heavy atom. The van der Waals surface area contributed by atoms with Gasteiger partial charge in [-0.3, -0.25) is 4.79 Å². The van der Waals surface area contributed by atoms with Crippen molar-refractivity contribution in [3.63, 3.8) is 0 Å². The van der Waals surface area contributed by atoms with Crippen molar-refractivity contribution in [1.29, 1.82) is 0 Å². The minimum absolute atomic E-state index is 0.231. The van der Waals surface area contributed by atoms with E-state index < -0.39 is 5.97 Å². The SMILES string of the molecule is O=C(O)CCSCc1cscn1. The Morgan fingerprint density at radius 1 is 1.75 bits per heavy atom. The van der Waals surface area contributed by atoms with E-state index in [0.29, 0.717) is 5.75 Å². The summed E-state index contributed by atoms with van der Waals surface area (Å²) in [6.07, 6.45) is 0.231. The third-order valence-electron chi connectivity index (χ3n) is 1.19. The smallest absolute Gasteiger partial charge is 0.304 e. The van der Waals surface area contributed by atoms with Crippen molar-refractivity contribution in [2.75, 3.05) is 5.75 Å². The molecule has 0 saturated carbocycles. The van der Waals surface area contributed by atoms with Crippen LogP contribution in [0.3, 0.4) is 0 Å². The van der Waals surface area contributed by atoms with Crippen LogP contribution in [0.2, 0.25) is 0 Å². The van der Waals surface area contributed by atoms with Crippen LogP contribution < -0.4 is 0 Å². The molecule has 3 nitrogen and oxygen atoms in total. The maximum absolute atomic E-state index is 10.1. The van der Waals surface area contributed by atoms with Crippen molar-refractivity contribution in [3.8, 4) is 0 Å². The van der Waals surface area contributed by atoms with Crippen molar-refractivity contribution in [2.45, 2.75) is 12.2 Å². The van der Waals surface area contributed by atoms with Crippen LogP contribution in [0.4, 0.5) is 0 Å². The van der Waals surface area contributed by atoms with Crippen molar-refractivity contribution >= 4 is 29.1 Å². The number of thiazole rings is 1. The molecule has 5 heteroatoms. The first kappa shape index (κ1) is 9.54. The standard InChI is InChI=1S/C7H9NO2S2/c9-7(10)1-2-11-3-6-4-12-5-8-6/h4-5H,1-3H2,(H,9,10). The number of nitrogens with zero attached hydrogens (tertiary/aromatic N) is 1. The molecule has 1 heterocycles. The molecule has 0 amide bonds. The predicted octanol–water partition coefficient (Wildman–Crippen LogP) is 1.85. The number of carbonyl (C=O) groups is 1. The second-order valence-corrected chi connectivity index (χ2v) is 4.00. The Kier molecular flexibility index (Phi) is 4.10. The number of aromatic nitrogens is 1. The Morgan fingerprint density at radius 2 is 2.58 bits per heavy atom. The second-order valence-electron chi connectivity index (χ2n) is 2.18. The first-order valence-electron chi connectivity index (χ1n) is 3.45. The van der Waals surface area contributed by atoms with E-state index in [9.17, 15) is 4.79 Å². The number of carboxylic acids is 1. The highest BCUT2D eigenvalue weighted by Crippen LogP contribution is 2.12. The highest BCUT2D eigenvalue weighted by atomic mass is 32.2. The summed E-state index contributed by atoms with van der Waals surface area (Å²) in [5.74, 6) is 0.740. The lowest BCUT2D eigenvalue weighted by Gasteiger charge is -1.94. The van der Waals surface area contributed by atoms with Gasteiger partial charge in [0.05, 0.1) is 17.6 Å². The van der Waals surface area contributed by atoms with E-state index in [2.05, 4.69) is 4.98 Å². The Hall–Kier alpha value is -0.550. The molecule has 0 atom stereocenters. The topological polar surface area (TPSA) is 50.2 Å². The quantitative estimate of drug-likeness (QED) is 0.742. The van der Waals surface area contributed by atoms with Gasteiger partial charge in [-0.25, -0.2) is 4.98 Å². The lowest BCUT2D eigenvalue weighted by molar-refractivity contribution is -0.136. The van der Waals surface area contributed by atoms with Crippen LogP contribution in [-0.2, 0) is 10.5 Å². The first-order chi connectivity index (χ1) is 5.79. The molecule has 0 fully saturated rings. The number of carboxylic acid groups (broad SMARTS) is 1. The average Bonchev–Trinajstić information content (AvgIpc) is 2.49. The zero-order valence-corrected chi connectivity index (χ0v) is 8.03. The van der Waals surface area contributed by atoms with Gasteiger partial charge in [-0.05, 0) is 0 Å². The minimum Gasteiger partial charge on any atom is -0.481 e. The van der Waals surface area contributed by atoms with E-state index in [0.717, 1.165) is 11.4 Å². The van der Waals surface area contributed by atoms with E-state index in [1.54, 1.807) is 28.6 Å². The molecule has 1 rings (SSSR count). The van der Waals surface area contributed by atoms with Gasteiger partial charge in [-0.1, -0.05) is 0 Å². The molecule has 0 aromatic carbocycles. The van der Waals surface area contributed by atoms with Crippen LogP contribution in [0.1, 0.15) is 12.1 Å². The summed E-state index contributed by atoms with van der Waals surface area (Å²) in [4.78, 5) is 14.2. The van der Waals surface area contributed by atoms with Crippen molar-refractivity contribution in [1.82, 2.24) is 4.98 Å². The van der Waals surface area contributed by atoms with E-state index in [-0.39, 0.29) is 6.42 Å². The van der Waals surface area contributed by atoms with Gasteiger partial charge in [0.25, 0.3) is 0 Å². The summed E-state index contributed by atoms with van der Waals surface area (Å²) >= 11 is 3.17. The molecule has 0 aliphatic heterocycles. The van der Waals surface area contributed by atoms with Gasteiger partial charge in [0.15, 0.2) is 0 Å². The number of thioether (sulfide) groups is 1. The molecule has 0 aliphatic rings. The van der Waals surface area contributed by atoms with Crippen LogP contribution in [0, 0.1) is 0 Å². The average molecular weight is 203 g/mol. The van der Waals surface area contributed by atoms with Crippen LogP contribution in [0.25, 0.3) is 0 Å². The van der Waals surface area contributed by atoms with E-state index in [1.165, 1.54) is 0 Å². The van der Waals surface area contributed by atoms with Crippen molar-refractivity contribution < 1.29 is 9.90 Å². The monoisotopic (exact) mass is 203 g/mol. The first-order valence-corrected chi connectivity index (χ1v) is 5.55. The molecule has 0 bridgehead atoms. The molecule has 1 N–H and O–H groups in total. The largest absolute Gasteiger partial charge is 0.481 e. The van der Waals surface area contributed by atoms with Crippen molar-refractivity contribution in [2.24, 2.45) is 0 Å². The summed E-state index contributed by atoms with van der Waals surface area (Å²) in [6, 6.07) is 0. The molecule has 0 unspecified atom stereocenters. The molecule has 0 radical (unpaired) electrons. The molecular formula is C7H9NO2S2. The fourth-order valence-electron chi connectivity index (χ4n) is 0.645. The van der Waals surface area contributed by atoms with E-state index >= 15 is 0 Å². The Balaban J connectivity index is 2.07. The van der Waals surface area contributed by atoms with Crippen LogP contribution >= 0.6 is 23.1 Å². The molecule has 12 heavy (non-hydrogen) atoms. The lowest BCUT2D eigenvalue weighted by atomic mass is 10.5. The number of hydrogen-bond donors (Lipinski definition) is 1. The summed E-state index contributed by atoms with van der Waals surface area (Å²) in [5.41, 5.74) is 2.82. The lowest BCUT2D eigenvalue weighted by Crippen LogP contribution is -1.96. The Labute approximate surface area is 78.8 Å². The second kappa shape index (κ2) is 5.16. The van der Waals surface area contributed by atoms with Crippen LogP contribution in [-0.4, -0.2) is 21.8 Å². The molecular weight excluding hydrogens is 194 g/mol. The third-order valence-corrected chi connectivity index (χ3v) is 2.82. The maximum atomic E-state index is 10.1. The number of hydrogen-bond acceptors (Lipinski definition) is 4. The highest BCUT2D eigenvalue weighted by Gasteiger charge is 1.98. The summed E-state index contributed by atoms with van der Waals surface area (Å²) in [6.45, 7) is 0. The highest BCUT2D eigenvalue weighted by molar-refractivity contribution is 7.98. The molecule has 1 aromatic rings. The summed E-state index contributed by atoms with van der Waals surface area (Å²) in [7, 11) is 0. The fraction of sp³-hybridized carbons (Fsp3) is 0.429. The normalized spacial score (nSPS) is 10.0. The van der Waals surface area contributed by atoms with Crippen molar-refractivity contribution in [3.05, 3.63) is 16.6 Å². The zero-order chi connectivity index (χ0) is 8.81. The molecule has 0 aliphatic carbocycles. The van der Waals surface area contributed by atoms with Gasteiger partial charge in [-0.15, -0.1) is 11.3 Å². The van der Waals surface area contributed by atoms with Gasteiger partial charge < -0.3 is 5.11 Å². The molecule has 66 valence electrons. The van der Waals surface area contributed by atoms with Gasteiger partial charge >= 0.3 is 5.97 Å². The maximum Gasteiger partial charge on any atom is 0.304 e. The van der Waals surface area contributed by atoms with Gasteiger partial charge in [0.2, 0.25) is 0 Å². The molecule has 1 aromatic heterocycles. The molecule has 0 saturated heterocycles. The fourth-order valence-corrected chi connectivity index (χ4v) is 2.14. The minimum atomic E-state index is -0.735. The summed E-state index contributed by atoms with van der Waals surface area (Å²) in [5, 5.41) is 10.3. The van der Waals surface area contributed by atoms with Gasteiger partial charge in [-0.2, -0.15) is 11.8 Å². The van der Waals surface area contributed by atoms with Gasteiger partial charge in [0.1, 0.15) is 0 Å². The van der Waals surface area contributed by atoms with Crippen LogP contribution in [0.5, 0.6) is 0 Å². The predicted molar refractivity (Wildman–Crippen MR) is 50.5 cm³/mol. The number of aliphatic carboxylic acids is 1. The zero-order valence-electron chi connectivity index (χ0n) is 6.40. The van der Waals surface area contributed by atoms with E-state index in [4.69, 9.17) is 5.11 Å². The summed E-state index contributed by atoms with van der Waals surface area (Å²) < 4.78 is 0. The molecule has 0 spiro atoms. The Bertz CT molecular complexity index is 236.